The van der Waals surface area contributed by atoms with Crippen molar-refractivity contribution < 1.29 is 4.79 Å². The number of aliphatic imine (C=N–C) groups is 1. The van der Waals surface area contributed by atoms with Crippen LogP contribution in [0.15, 0.2) is 4.99 Å². The number of rotatable bonds is 5. The van der Waals surface area contributed by atoms with Crippen LogP contribution < -0.4 is 15.5 Å². The van der Waals surface area contributed by atoms with E-state index in [2.05, 4.69) is 41.7 Å². The van der Waals surface area contributed by atoms with Gasteiger partial charge >= 0.3 is 0 Å². The van der Waals surface area contributed by atoms with Crippen LogP contribution in [0.4, 0.5) is 5.13 Å². The normalized spacial score (nSPS) is 18.7. The fourth-order valence-corrected chi connectivity index (χ4v) is 3.43. The molecule has 0 radical (unpaired) electrons. The molecule has 2 heterocycles. The Morgan fingerprint density at radius 1 is 1.33 bits per heavy atom. The second kappa shape index (κ2) is 7.78. The molecule has 2 fully saturated rings. The van der Waals surface area contributed by atoms with E-state index in [1.54, 1.807) is 7.05 Å². The Kier molecular flexibility index (Phi) is 5.49. The number of nitrogens with zero attached hydrogens (tertiary/aromatic N) is 5. The molecule has 0 spiro atoms. The van der Waals surface area contributed by atoms with Gasteiger partial charge in [0, 0.05) is 57.2 Å². The first kappa shape index (κ1) is 16.9. The summed E-state index contributed by atoms with van der Waals surface area (Å²) in [5, 5.41) is 7.13. The zero-order chi connectivity index (χ0) is 16.9. The minimum atomic E-state index is 0.0400. The fraction of sp³-hybridized carbons (Fsp3) is 0.733. The molecule has 1 aromatic heterocycles. The maximum atomic E-state index is 11.8. The average Bonchev–Trinajstić information content (AvgIpc) is 3.28. The number of anilines is 1. The first-order valence-corrected chi connectivity index (χ1v) is 9.29. The van der Waals surface area contributed by atoms with Crippen molar-refractivity contribution in [2.24, 2.45) is 4.99 Å². The van der Waals surface area contributed by atoms with Crippen molar-refractivity contribution in [2.45, 2.75) is 32.2 Å². The van der Waals surface area contributed by atoms with Crippen LogP contribution >= 0.6 is 11.5 Å². The van der Waals surface area contributed by atoms with Crippen LogP contribution in [0.3, 0.4) is 0 Å². The molecule has 1 aromatic rings. The van der Waals surface area contributed by atoms with Crippen molar-refractivity contribution in [3.05, 3.63) is 5.82 Å². The molecule has 0 unspecified atom stereocenters. The predicted octanol–water partition coefficient (Wildman–Crippen LogP) is 0.0765. The Bertz CT molecular complexity index is 590. The lowest BCUT2D eigenvalue weighted by Crippen LogP contribution is -2.53. The van der Waals surface area contributed by atoms with Gasteiger partial charge in [0.2, 0.25) is 11.0 Å². The minimum Gasteiger partial charge on any atom is -0.352 e. The van der Waals surface area contributed by atoms with Crippen molar-refractivity contribution in [2.75, 3.05) is 44.7 Å². The van der Waals surface area contributed by atoms with Gasteiger partial charge < -0.3 is 20.4 Å². The fourth-order valence-electron chi connectivity index (χ4n) is 2.62. The molecule has 2 aliphatic rings. The number of aryl methyl sites for hydroxylation is 1. The molecule has 0 atom stereocenters. The molecule has 132 valence electrons. The lowest BCUT2D eigenvalue weighted by molar-refractivity contribution is -0.120. The van der Waals surface area contributed by atoms with Gasteiger partial charge in [-0.05, 0) is 12.8 Å². The highest BCUT2D eigenvalue weighted by molar-refractivity contribution is 7.09. The molecule has 3 rings (SSSR count). The number of hydrogen-bond acceptors (Lipinski definition) is 6. The summed E-state index contributed by atoms with van der Waals surface area (Å²) < 4.78 is 4.35. The Hall–Kier alpha value is -1.90. The van der Waals surface area contributed by atoms with E-state index in [9.17, 15) is 4.79 Å². The number of carbonyl (C=O) groups excluding carboxylic acids is 1. The van der Waals surface area contributed by atoms with Crippen LogP contribution in [0.1, 0.15) is 25.6 Å². The Labute approximate surface area is 146 Å². The van der Waals surface area contributed by atoms with E-state index in [1.165, 1.54) is 11.5 Å². The van der Waals surface area contributed by atoms with Crippen molar-refractivity contribution in [1.82, 2.24) is 24.9 Å². The van der Waals surface area contributed by atoms with E-state index in [4.69, 9.17) is 0 Å². The monoisotopic (exact) mass is 351 g/mol. The Morgan fingerprint density at radius 3 is 2.67 bits per heavy atom. The number of guanidine groups is 1. The first-order valence-electron chi connectivity index (χ1n) is 8.52. The predicted molar refractivity (Wildman–Crippen MR) is 95.6 cm³/mol. The van der Waals surface area contributed by atoms with E-state index in [1.807, 2.05) is 0 Å². The molecule has 0 aromatic carbocycles. The zero-order valence-electron chi connectivity index (χ0n) is 14.3. The molecule has 9 heteroatoms. The molecular weight excluding hydrogens is 326 g/mol. The molecular formula is C15H25N7OS. The van der Waals surface area contributed by atoms with Gasteiger partial charge in [0.15, 0.2) is 5.96 Å². The van der Waals surface area contributed by atoms with E-state index in [0.717, 1.165) is 62.4 Å². The van der Waals surface area contributed by atoms with Gasteiger partial charge in [-0.25, -0.2) is 4.98 Å². The average molecular weight is 351 g/mol. The first-order chi connectivity index (χ1) is 11.7. The van der Waals surface area contributed by atoms with Crippen LogP contribution in [0, 0.1) is 0 Å². The standard InChI is InChI=1S/C15H25N7OS/c1-3-12-19-15(24-20-12)22-8-6-21(7-9-22)14(16-2)17-10-13(23)18-11-4-5-11/h11H,3-10H2,1-2H3,(H,16,17)(H,18,23). The lowest BCUT2D eigenvalue weighted by Gasteiger charge is -2.36. The smallest absolute Gasteiger partial charge is 0.239 e. The summed E-state index contributed by atoms with van der Waals surface area (Å²) in [6.07, 6.45) is 3.08. The summed E-state index contributed by atoms with van der Waals surface area (Å²) in [5.41, 5.74) is 0. The van der Waals surface area contributed by atoms with Gasteiger partial charge in [-0.1, -0.05) is 6.92 Å². The number of carbonyl (C=O) groups is 1. The molecule has 1 aliphatic heterocycles. The number of amides is 1. The molecule has 2 N–H and O–H groups in total. The lowest BCUT2D eigenvalue weighted by atomic mass is 10.3. The maximum Gasteiger partial charge on any atom is 0.239 e. The van der Waals surface area contributed by atoms with Crippen molar-refractivity contribution in [3.63, 3.8) is 0 Å². The SMILES string of the molecule is CCc1nsc(N2CCN(C(=NC)NCC(=O)NC3CC3)CC2)n1. The summed E-state index contributed by atoms with van der Waals surface area (Å²) >= 11 is 1.47. The summed E-state index contributed by atoms with van der Waals surface area (Å²) in [4.78, 5) is 25.1. The van der Waals surface area contributed by atoms with Gasteiger partial charge in [-0.15, -0.1) is 0 Å². The van der Waals surface area contributed by atoms with Crippen LogP contribution in [0.25, 0.3) is 0 Å². The van der Waals surface area contributed by atoms with Gasteiger partial charge in [-0.3, -0.25) is 9.79 Å². The third-order valence-electron chi connectivity index (χ3n) is 4.18. The van der Waals surface area contributed by atoms with Crippen molar-refractivity contribution in [1.29, 1.82) is 0 Å². The topological polar surface area (TPSA) is 85.8 Å². The molecule has 1 amide bonds. The second-order valence-electron chi connectivity index (χ2n) is 6.06. The van der Waals surface area contributed by atoms with Crippen LogP contribution in [-0.4, -0.2) is 71.9 Å². The second-order valence-corrected chi connectivity index (χ2v) is 6.79. The molecule has 1 saturated carbocycles. The molecule has 8 nitrogen and oxygen atoms in total. The Balaban J connectivity index is 1.46. The van der Waals surface area contributed by atoms with Crippen molar-refractivity contribution >= 4 is 28.5 Å². The largest absolute Gasteiger partial charge is 0.352 e. The van der Waals surface area contributed by atoms with Gasteiger partial charge in [0.05, 0.1) is 6.54 Å². The number of aromatic nitrogens is 2. The molecule has 1 aliphatic carbocycles. The molecule has 0 bridgehead atoms. The summed E-state index contributed by atoms with van der Waals surface area (Å²) in [5.74, 6) is 1.74. The van der Waals surface area contributed by atoms with E-state index in [0.29, 0.717) is 6.04 Å². The highest BCUT2D eigenvalue weighted by Gasteiger charge is 2.24. The van der Waals surface area contributed by atoms with E-state index in [-0.39, 0.29) is 12.5 Å². The number of hydrogen-bond donors (Lipinski definition) is 2. The van der Waals surface area contributed by atoms with Gasteiger partial charge in [0.25, 0.3) is 0 Å². The van der Waals surface area contributed by atoms with E-state index >= 15 is 0 Å². The van der Waals surface area contributed by atoms with Crippen LogP contribution in [0.2, 0.25) is 0 Å². The summed E-state index contributed by atoms with van der Waals surface area (Å²) in [7, 11) is 1.76. The Morgan fingerprint density at radius 2 is 2.08 bits per heavy atom. The third kappa shape index (κ3) is 4.34. The highest BCUT2D eigenvalue weighted by Crippen LogP contribution is 2.19. The van der Waals surface area contributed by atoms with Crippen molar-refractivity contribution in [3.8, 4) is 0 Å². The quantitative estimate of drug-likeness (QED) is 0.577. The highest BCUT2D eigenvalue weighted by atomic mass is 32.1. The van der Waals surface area contributed by atoms with Gasteiger partial charge in [-0.2, -0.15) is 4.37 Å². The zero-order valence-corrected chi connectivity index (χ0v) is 15.1. The van der Waals surface area contributed by atoms with Crippen LogP contribution in [0.5, 0.6) is 0 Å². The maximum absolute atomic E-state index is 11.8. The third-order valence-corrected chi connectivity index (χ3v) is 5.00. The summed E-state index contributed by atoms with van der Waals surface area (Å²) in [6, 6.07) is 0.393. The molecule has 1 saturated heterocycles. The number of nitrogens with one attached hydrogen (secondary N) is 2. The van der Waals surface area contributed by atoms with Crippen LogP contribution in [-0.2, 0) is 11.2 Å². The number of piperazine rings is 1. The summed E-state index contributed by atoms with van der Waals surface area (Å²) in [6.45, 7) is 5.81. The van der Waals surface area contributed by atoms with E-state index < -0.39 is 0 Å². The molecule has 24 heavy (non-hydrogen) atoms. The minimum absolute atomic E-state index is 0.0400. The van der Waals surface area contributed by atoms with Gasteiger partial charge in [0.1, 0.15) is 5.82 Å².